The Bertz CT molecular complexity index is 999. The lowest BCUT2D eigenvalue weighted by Crippen LogP contribution is -2.70. The van der Waals surface area contributed by atoms with Crippen molar-refractivity contribution in [3.8, 4) is 0 Å². The Morgan fingerprint density at radius 1 is 1.04 bits per heavy atom. The standard InChI is InChI=1S/C19H19N3O4S/c23-17(22-12-19(13-22)11-20-18(24)21-19)15-8-4-5-9-16(15)27(25,26)10-14-6-2-1-3-7-14/h1-9H,10-13H2,(H2,20,21,24). The van der Waals surface area contributed by atoms with Crippen LogP contribution in [0.3, 0.4) is 0 Å². The molecule has 0 unspecified atom stereocenters. The number of nitrogens with one attached hydrogen (secondary N) is 2. The number of carbonyl (C=O) groups excluding carboxylic acids is 2. The van der Waals surface area contributed by atoms with Gasteiger partial charge < -0.3 is 15.5 Å². The third-order valence-electron chi connectivity index (χ3n) is 4.89. The number of amides is 3. The number of rotatable bonds is 4. The SMILES string of the molecule is O=C1NCC2(CN(C(=O)c3ccccc3S(=O)(=O)Cc3ccccc3)C2)N1. The van der Waals surface area contributed by atoms with Crippen LogP contribution < -0.4 is 10.6 Å². The Kier molecular flexibility index (Phi) is 4.15. The molecule has 0 bridgehead atoms. The summed E-state index contributed by atoms with van der Waals surface area (Å²) >= 11 is 0. The second kappa shape index (κ2) is 6.38. The summed E-state index contributed by atoms with van der Waals surface area (Å²) in [5.74, 6) is -0.504. The van der Waals surface area contributed by atoms with Crippen molar-refractivity contribution in [3.63, 3.8) is 0 Å². The van der Waals surface area contributed by atoms with E-state index < -0.39 is 15.4 Å². The van der Waals surface area contributed by atoms with Gasteiger partial charge in [0.15, 0.2) is 9.84 Å². The van der Waals surface area contributed by atoms with Gasteiger partial charge in [0.05, 0.1) is 21.8 Å². The second-order valence-electron chi connectivity index (χ2n) is 6.99. The van der Waals surface area contributed by atoms with Gasteiger partial charge in [-0.05, 0) is 17.7 Å². The van der Waals surface area contributed by atoms with E-state index in [4.69, 9.17) is 0 Å². The van der Waals surface area contributed by atoms with Crippen molar-refractivity contribution in [2.24, 2.45) is 0 Å². The van der Waals surface area contributed by atoms with Gasteiger partial charge in [0.2, 0.25) is 0 Å². The zero-order valence-electron chi connectivity index (χ0n) is 14.5. The van der Waals surface area contributed by atoms with Gasteiger partial charge in [0.25, 0.3) is 5.91 Å². The smallest absolute Gasteiger partial charge is 0.315 e. The first-order valence-corrected chi connectivity index (χ1v) is 10.2. The zero-order valence-corrected chi connectivity index (χ0v) is 15.3. The van der Waals surface area contributed by atoms with Gasteiger partial charge in [-0.1, -0.05) is 42.5 Å². The van der Waals surface area contributed by atoms with E-state index >= 15 is 0 Å². The average Bonchev–Trinajstić information content (AvgIpc) is 3.03. The molecule has 27 heavy (non-hydrogen) atoms. The van der Waals surface area contributed by atoms with E-state index in [0.717, 1.165) is 0 Å². The Morgan fingerprint density at radius 3 is 2.37 bits per heavy atom. The van der Waals surface area contributed by atoms with E-state index in [1.54, 1.807) is 41.3 Å². The normalized spacial score (nSPS) is 17.9. The Morgan fingerprint density at radius 2 is 1.70 bits per heavy atom. The van der Waals surface area contributed by atoms with Gasteiger partial charge in [0.1, 0.15) is 0 Å². The van der Waals surface area contributed by atoms with E-state index in [-0.39, 0.29) is 28.2 Å². The summed E-state index contributed by atoms with van der Waals surface area (Å²) in [4.78, 5) is 25.8. The minimum atomic E-state index is -3.67. The monoisotopic (exact) mass is 385 g/mol. The Hall–Kier alpha value is -2.87. The highest BCUT2D eigenvalue weighted by atomic mass is 32.2. The Labute approximate surface area is 157 Å². The highest BCUT2D eigenvalue weighted by Gasteiger charge is 2.50. The number of likely N-dealkylation sites (tertiary alicyclic amines) is 1. The summed E-state index contributed by atoms with van der Waals surface area (Å²) in [7, 11) is -3.67. The predicted octanol–water partition coefficient (Wildman–Crippen LogP) is 1.17. The summed E-state index contributed by atoms with van der Waals surface area (Å²) in [6, 6.07) is 14.9. The molecule has 0 atom stereocenters. The van der Waals surface area contributed by atoms with Crippen LogP contribution in [0.1, 0.15) is 15.9 Å². The molecule has 140 valence electrons. The molecule has 2 N–H and O–H groups in total. The molecule has 0 aliphatic carbocycles. The highest BCUT2D eigenvalue weighted by molar-refractivity contribution is 7.90. The van der Waals surface area contributed by atoms with Crippen LogP contribution in [0, 0.1) is 0 Å². The quantitative estimate of drug-likeness (QED) is 0.826. The molecule has 3 amide bonds. The first kappa shape index (κ1) is 17.5. The molecule has 8 heteroatoms. The predicted molar refractivity (Wildman–Crippen MR) is 98.9 cm³/mol. The first-order valence-electron chi connectivity index (χ1n) is 8.60. The molecule has 7 nitrogen and oxygen atoms in total. The number of nitrogens with zero attached hydrogens (tertiary/aromatic N) is 1. The lowest BCUT2D eigenvalue weighted by Gasteiger charge is -2.47. The van der Waals surface area contributed by atoms with Crippen molar-refractivity contribution < 1.29 is 18.0 Å². The average molecular weight is 385 g/mol. The number of benzene rings is 2. The van der Waals surface area contributed by atoms with E-state index in [9.17, 15) is 18.0 Å². The minimum absolute atomic E-state index is 0.0355. The minimum Gasteiger partial charge on any atom is -0.336 e. The zero-order chi connectivity index (χ0) is 19.1. The topological polar surface area (TPSA) is 95.6 Å². The lowest BCUT2D eigenvalue weighted by atomic mass is 9.90. The maximum atomic E-state index is 12.9. The van der Waals surface area contributed by atoms with Crippen molar-refractivity contribution in [2.45, 2.75) is 16.2 Å². The van der Waals surface area contributed by atoms with Gasteiger partial charge in [-0.15, -0.1) is 0 Å². The van der Waals surface area contributed by atoms with Crippen LogP contribution in [0.15, 0.2) is 59.5 Å². The van der Waals surface area contributed by atoms with Crippen LogP contribution in [0.4, 0.5) is 4.79 Å². The largest absolute Gasteiger partial charge is 0.336 e. The van der Waals surface area contributed by atoms with Crippen LogP contribution in [-0.2, 0) is 15.6 Å². The second-order valence-corrected chi connectivity index (χ2v) is 8.95. The molecule has 4 rings (SSSR count). The summed E-state index contributed by atoms with van der Waals surface area (Å²) in [5, 5.41) is 5.51. The van der Waals surface area contributed by atoms with Crippen LogP contribution in [0.5, 0.6) is 0 Å². The van der Waals surface area contributed by atoms with Crippen LogP contribution in [0.25, 0.3) is 0 Å². The fourth-order valence-corrected chi connectivity index (χ4v) is 5.12. The molecule has 2 aromatic carbocycles. The van der Waals surface area contributed by atoms with Gasteiger partial charge in [0, 0.05) is 19.6 Å². The third-order valence-corrected chi connectivity index (χ3v) is 6.63. The Balaban J connectivity index is 1.56. The van der Waals surface area contributed by atoms with Gasteiger partial charge in [-0.3, -0.25) is 4.79 Å². The fraction of sp³-hybridized carbons (Fsp3) is 0.263. The summed E-state index contributed by atoms with van der Waals surface area (Å²) in [6.45, 7) is 1.18. The van der Waals surface area contributed by atoms with Crippen molar-refractivity contribution in [3.05, 3.63) is 65.7 Å². The number of sulfone groups is 1. The molecule has 2 aromatic rings. The van der Waals surface area contributed by atoms with Crippen molar-refractivity contribution in [2.75, 3.05) is 19.6 Å². The first-order chi connectivity index (χ1) is 12.9. The van der Waals surface area contributed by atoms with Crippen molar-refractivity contribution >= 4 is 21.8 Å². The molecule has 2 aliphatic rings. The molecule has 0 radical (unpaired) electrons. The number of urea groups is 1. The molecule has 0 aromatic heterocycles. The lowest BCUT2D eigenvalue weighted by molar-refractivity contribution is 0.0393. The molecule has 2 aliphatic heterocycles. The highest BCUT2D eigenvalue weighted by Crippen LogP contribution is 2.28. The van der Waals surface area contributed by atoms with Crippen LogP contribution in [-0.4, -0.2) is 50.4 Å². The van der Waals surface area contributed by atoms with E-state index in [1.807, 2.05) is 6.07 Å². The van der Waals surface area contributed by atoms with Crippen molar-refractivity contribution in [1.29, 1.82) is 0 Å². The summed E-state index contributed by atoms with van der Waals surface area (Å²) < 4.78 is 25.8. The summed E-state index contributed by atoms with van der Waals surface area (Å²) in [5.41, 5.74) is 0.396. The van der Waals surface area contributed by atoms with Crippen LogP contribution >= 0.6 is 0 Å². The molecule has 2 fully saturated rings. The molecular weight excluding hydrogens is 366 g/mol. The van der Waals surface area contributed by atoms with Crippen LogP contribution in [0.2, 0.25) is 0 Å². The van der Waals surface area contributed by atoms with E-state index in [1.165, 1.54) is 12.1 Å². The maximum absolute atomic E-state index is 12.9. The molecule has 2 heterocycles. The van der Waals surface area contributed by atoms with E-state index in [2.05, 4.69) is 10.6 Å². The molecule has 0 saturated carbocycles. The van der Waals surface area contributed by atoms with Gasteiger partial charge >= 0.3 is 6.03 Å². The third kappa shape index (κ3) is 3.28. The summed E-state index contributed by atoms with van der Waals surface area (Å²) in [6.07, 6.45) is 0. The fourth-order valence-electron chi connectivity index (χ4n) is 3.55. The molecular formula is C19H19N3O4S. The number of hydrogen-bond acceptors (Lipinski definition) is 4. The number of carbonyl (C=O) groups is 2. The van der Waals surface area contributed by atoms with Gasteiger partial charge in [-0.25, -0.2) is 13.2 Å². The van der Waals surface area contributed by atoms with E-state index in [0.29, 0.717) is 25.2 Å². The number of hydrogen-bond donors (Lipinski definition) is 2. The molecule has 1 spiro atoms. The molecule has 2 saturated heterocycles. The maximum Gasteiger partial charge on any atom is 0.315 e. The van der Waals surface area contributed by atoms with Crippen molar-refractivity contribution in [1.82, 2.24) is 15.5 Å². The van der Waals surface area contributed by atoms with Gasteiger partial charge in [-0.2, -0.15) is 0 Å².